The summed E-state index contributed by atoms with van der Waals surface area (Å²) in [4.78, 5) is 0. The molecule has 0 spiro atoms. The number of hydrogen-bond donors (Lipinski definition) is 0. The van der Waals surface area contributed by atoms with Crippen molar-refractivity contribution < 1.29 is 96.9 Å². The largest absolute Gasteiger partial charge is 0.471 e. The predicted octanol–water partition coefficient (Wildman–Crippen LogP) is 9.26. The van der Waals surface area contributed by atoms with Crippen LogP contribution in [0.5, 0.6) is 5.75 Å². The van der Waals surface area contributed by atoms with E-state index in [2.05, 4.69) is 10.8 Å². The van der Waals surface area contributed by atoms with Gasteiger partial charge in [0.05, 0.1) is 0 Å². The molecule has 0 aliphatic carbocycles. The van der Waals surface area contributed by atoms with E-state index in [1.165, 1.54) is 6.07 Å². The van der Waals surface area contributed by atoms with Crippen LogP contribution >= 0.6 is 0 Å². The van der Waals surface area contributed by atoms with E-state index in [4.69, 9.17) is 0 Å². The van der Waals surface area contributed by atoms with E-state index in [9.17, 15) is 92.2 Å². The van der Waals surface area contributed by atoms with E-state index in [-0.39, 0.29) is 16.8 Å². The molecule has 42 heavy (non-hydrogen) atoms. The van der Waals surface area contributed by atoms with Gasteiger partial charge in [-0.2, -0.15) is 92.2 Å². The Hall–Kier alpha value is -2.97. The van der Waals surface area contributed by atoms with Crippen LogP contribution in [0.25, 0.3) is 10.8 Å². The van der Waals surface area contributed by atoms with Crippen LogP contribution in [0.2, 0.25) is 0 Å². The Labute approximate surface area is 216 Å². The Morgan fingerprint density at radius 1 is 0.452 bits per heavy atom. The first-order chi connectivity index (χ1) is 18.3. The molecular formula is C20H6F21O. The van der Waals surface area contributed by atoms with E-state index >= 15 is 0 Å². The highest BCUT2D eigenvalue weighted by atomic mass is 19.4. The third-order valence-corrected chi connectivity index (χ3v) is 5.36. The van der Waals surface area contributed by atoms with Gasteiger partial charge >= 0.3 is 59.7 Å². The molecule has 0 aliphatic rings. The fraction of sp³-hybridized carbons (Fsp3) is 0.500. The van der Waals surface area contributed by atoms with Crippen LogP contribution in [0.3, 0.4) is 0 Å². The van der Waals surface area contributed by atoms with Crippen molar-refractivity contribution in [3.05, 3.63) is 42.5 Å². The molecule has 0 aliphatic heterocycles. The smallest absolute Gasteiger partial charge is 0.428 e. The lowest BCUT2D eigenvalue weighted by Crippen LogP contribution is -2.77. The normalized spacial score (nSPS) is 15.7. The fourth-order valence-corrected chi connectivity index (χ4v) is 2.92. The van der Waals surface area contributed by atoms with Gasteiger partial charge in [-0.25, -0.2) is 0 Å². The number of rotatable bonds is 10. The number of ether oxygens (including phenoxy) is 1. The molecule has 0 saturated carbocycles. The van der Waals surface area contributed by atoms with Gasteiger partial charge in [0, 0.05) is 0 Å². The Morgan fingerprint density at radius 3 is 1.24 bits per heavy atom. The monoisotopic (exact) mass is 661 g/mol. The van der Waals surface area contributed by atoms with Crippen molar-refractivity contribution in [2.75, 3.05) is 0 Å². The Kier molecular flexibility index (Phi) is 7.98. The molecule has 1 radical (unpaired) electrons. The Balaban J connectivity index is 2.62. The molecule has 0 bridgehead atoms. The lowest BCUT2D eigenvalue weighted by Gasteiger charge is -2.44. The van der Waals surface area contributed by atoms with Gasteiger partial charge in [0.2, 0.25) is 0 Å². The van der Waals surface area contributed by atoms with E-state index in [1.807, 2.05) is 0 Å². The number of benzene rings is 2. The molecule has 1 nitrogen and oxygen atoms in total. The topological polar surface area (TPSA) is 9.23 Å². The number of fused-ring (bicyclic) bond motifs is 1. The predicted molar refractivity (Wildman–Crippen MR) is 94.0 cm³/mol. The van der Waals surface area contributed by atoms with Gasteiger partial charge in [0.1, 0.15) is 5.75 Å². The van der Waals surface area contributed by atoms with Gasteiger partial charge in [0.15, 0.2) is 0 Å². The summed E-state index contributed by atoms with van der Waals surface area (Å²) in [5.41, 5.74) is 0. The van der Waals surface area contributed by atoms with E-state index < -0.39 is 65.4 Å². The average molecular weight is 661 g/mol. The lowest BCUT2D eigenvalue weighted by atomic mass is 9.87. The first kappa shape index (κ1) is 35.2. The number of halogens is 21. The highest BCUT2D eigenvalue weighted by Crippen LogP contribution is 2.66. The zero-order chi connectivity index (χ0) is 33.4. The summed E-state index contributed by atoms with van der Waals surface area (Å²) in [6.07, 6.45) is -15.2. The molecule has 0 heterocycles. The van der Waals surface area contributed by atoms with Crippen molar-refractivity contribution in [1.82, 2.24) is 0 Å². The molecule has 0 atom stereocenters. The summed E-state index contributed by atoms with van der Waals surface area (Å²) in [5, 5.41) is -0.288. The summed E-state index contributed by atoms with van der Waals surface area (Å²) < 4.78 is 285. The van der Waals surface area contributed by atoms with Gasteiger partial charge in [-0.15, -0.1) is 0 Å². The molecule has 0 aromatic heterocycles. The van der Waals surface area contributed by atoms with E-state index in [0.717, 1.165) is 12.1 Å². The second-order valence-corrected chi connectivity index (χ2v) is 8.13. The molecule has 0 N–H and O–H groups in total. The summed E-state index contributed by atoms with van der Waals surface area (Å²) in [7, 11) is 0. The van der Waals surface area contributed by atoms with Crippen molar-refractivity contribution in [3.8, 4) is 5.75 Å². The molecule has 0 fully saturated rings. The summed E-state index contributed by atoms with van der Waals surface area (Å²) >= 11 is 0. The molecular weight excluding hydrogens is 655 g/mol. The van der Waals surface area contributed by atoms with Crippen LogP contribution in [-0.2, 0) is 0 Å². The Morgan fingerprint density at radius 2 is 0.833 bits per heavy atom. The first-order valence-electron chi connectivity index (χ1n) is 9.86. The molecule has 22 heteroatoms. The maximum Gasteiger partial charge on any atom is 0.471 e. The van der Waals surface area contributed by atoms with Gasteiger partial charge in [-0.1, -0.05) is 24.3 Å². The molecule has 2 aromatic rings. The SMILES string of the molecule is FC(F)(F)C(F)(F)C(F)(F)C(F)(F)C(F)(F)C(F)(F)C(F)(F)C(F)(F)C(F)(F)C(F)(F)Oc1ccc2[c]cccc2c1. The van der Waals surface area contributed by atoms with Crippen LogP contribution in [0.4, 0.5) is 92.2 Å². The van der Waals surface area contributed by atoms with Crippen molar-refractivity contribution >= 4 is 10.8 Å². The first-order valence-corrected chi connectivity index (χ1v) is 9.86. The maximum atomic E-state index is 14.0. The maximum absolute atomic E-state index is 14.0. The van der Waals surface area contributed by atoms with E-state index in [0.29, 0.717) is 12.1 Å². The van der Waals surface area contributed by atoms with E-state index in [1.54, 1.807) is 0 Å². The van der Waals surface area contributed by atoms with Crippen LogP contribution in [0, 0.1) is 6.07 Å². The second-order valence-electron chi connectivity index (χ2n) is 8.13. The fourth-order valence-electron chi connectivity index (χ4n) is 2.92. The van der Waals surface area contributed by atoms with Gasteiger partial charge in [-0.05, 0) is 29.0 Å². The third-order valence-electron chi connectivity index (χ3n) is 5.36. The van der Waals surface area contributed by atoms with Gasteiger partial charge in [-0.3, -0.25) is 0 Å². The van der Waals surface area contributed by atoms with Crippen LogP contribution in [-0.4, -0.2) is 59.7 Å². The zero-order valence-corrected chi connectivity index (χ0v) is 18.8. The molecule has 2 rings (SSSR count). The highest BCUT2D eigenvalue weighted by Gasteiger charge is 2.98. The minimum atomic E-state index is -9.22. The van der Waals surface area contributed by atoms with Crippen LogP contribution < -0.4 is 4.74 Å². The quantitative estimate of drug-likeness (QED) is 0.231. The summed E-state index contributed by atoms with van der Waals surface area (Å²) in [6.45, 7) is 0. The van der Waals surface area contributed by atoms with Gasteiger partial charge in [0.25, 0.3) is 0 Å². The average Bonchev–Trinajstić information content (AvgIpc) is 2.81. The van der Waals surface area contributed by atoms with Crippen molar-refractivity contribution in [2.24, 2.45) is 0 Å². The molecule has 0 amide bonds. The van der Waals surface area contributed by atoms with Crippen molar-refractivity contribution in [3.63, 3.8) is 0 Å². The number of alkyl halides is 21. The summed E-state index contributed by atoms with van der Waals surface area (Å²) in [6, 6.07) is 6.93. The highest BCUT2D eigenvalue weighted by molar-refractivity contribution is 5.83. The zero-order valence-electron chi connectivity index (χ0n) is 18.8. The summed E-state index contributed by atoms with van der Waals surface area (Å²) in [5.74, 6) is -72.5. The third kappa shape index (κ3) is 4.53. The minimum Gasteiger partial charge on any atom is -0.428 e. The van der Waals surface area contributed by atoms with Crippen LogP contribution in [0.15, 0.2) is 36.4 Å². The van der Waals surface area contributed by atoms with Crippen LogP contribution in [0.1, 0.15) is 0 Å². The standard InChI is InChI=1S/C20H6F21O/c21-11(22,13(25,26)15(29,30)17(33,34)19(37,38)39)12(23,24)14(27,28)16(31,32)18(35,36)20(40,41)42-10-6-5-8-3-1-2-4-9(8)7-10/h1-2,4-7H. The molecule has 0 saturated heterocycles. The van der Waals surface area contributed by atoms with Crippen molar-refractivity contribution in [1.29, 1.82) is 0 Å². The minimum absolute atomic E-state index is 0.0208. The molecule has 239 valence electrons. The Bertz CT molecular complexity index is 1290. The second kappa shape index (κ2) is 9.52. The van der Waals surface area contributed by atoms with Crippen molar-refractivity contribution in [2.45, 2.75) is 59.7 Å². The number of hydrogen-bond acceptors (Lipinski definition) is 1. The van der Waals surface area contributed by atoms with Gasteiger partial charge < -0.3 is 4.74 Å². The molecule has 2 aromatic carbocycles. The lowest BCUT2D eigenvalue weighted by molar-refractivity contribution is -0.480. The molecule has 0 unspecified atom stereocenters.